The van der Waals surface area contributed by atoms with Crippen molar-refractivity contribution in [3.05, 3.63) is 0 Å². The van der Waals surface area contributed by atoms with Crippen LogP contribution < -0.4 is 0 Å². The van der Waals surface area contributed by atoms with Crippen molar-refractivity contribution < 1.29 is 0 Å². The average Bonchev–Trinajstić information content (AvgIpc) is 2.68. The molecule has 0 fully saturated rings. The Morgan fingerprint density at radius 3 is 1.04 bits per heavy atom. The third kappa shape index (κ3) is 52.1. The molecule has 23 heavy (non-hydrogen) atoms. The minimum atomic E-state index is 0.937. The number of unbranched alkanes of at least 4 members (excludes halogenated alkanes) is 2. The zero-order valence-corrected chi connectivity index (χ0v) is 20.1. The first-order chi connectivity index (χ1) is 11.2. The quantitative estimate of drug-likeness (QED) is 0.434. The molecular weight excluding hydrogens is 276 g/mol. The van der Waals surface area contributed by atoms with E-state index in [9.17, 15) is 0 Å². The molecule has 0 bridgehead atoms. The van der Waals surface area contributed by atoms with E-state index in [2.05, 4.69) is 41.5 Å². The first kappa shape index (κ1) is 38.5. The van der Waals surface area contributed by atoms with E-state index < -0.39 is 0 Å². The molecule has 0 N–H and O–H groups in total. The van der Waals surface area contributed by atoms with E-state index in [1.807, 2.05) is 55.4 Å². The molecule has 0 rings (SSSR count). The maximum Gasteiger partial charge on any atom is -0.0391 e. The molecule has 0 saturated carbocycles. The van der Waals surface area contributed by atoms with Gasteiger partial charge in [-0.25, -0.2) is 0 Å². The molecule has 0 heteroatoms. The number of hydrogen-bond acceptors (Lipinski definition) is 0. The Labute approximate surface area is 154 Å². The van der Waals surface area contributed by atoms with Gasteiger partial charge >= 0.3 is 0 Å². The zero-order chi connectivity index (χ0) is 20.1. The fourth-order valence-electron chi connectivity index (χ4n) is 1.69. The Kier molecular flexibility index (Phi) is 96.1. The van der Waals surface area contributed by atoms with Gasteiger partial charge in [0.05, 0.1) is 0 Å². The summed E-state index contributed by atoms with van der Waals surface area (Å²) in [6.07, 6.45) is 9.58. The van der Waals surface area contributed by atoms with Crippen molar-refractivity contribution in [2.75, 3.05) is 0 Å². The molecule has 2 atom stereocenters. The van der Waals surface area contributed by atoms with Gasteiger partial charge in [0.2, 0.25) is 0 Å². The first-order valence-electron chi connectivity index (χ1n) is 11.2. The molecule has 0 aliphatic heterocycles. The van der Waals surface area contributed by atoms with E-state index in [0.29, 0.717) is 0 Å². The minimum Gasteiger partial charge on any atom is -0.0683 e. The lowest BCUT2D eigenvalue weighted by molar-refractivity contribution is 0.310. The van der Waals surface area contributed by atoms with Crippen LogP contribution in [0.15, 0.2) is 0 Å². The van der Waals surface area contributed by atoms with E-state index in [1.54, 1.807) is 0 Å². The summed E-state index contributed by atoms with van der Waals surface area (Å²) in [4.78, 5) is 0. The van der Waals surface area contributed by atoms with Crippen LogP contribution in [0.1, 0.15) is 142 Å². The Bertz CT molecular complexity index is 94.2. The SMILES string of the molecule is CC.CC.CC.CC.CCCC.CCCCC(CC)C(C)CC. The molecule has 0 aliphatic carbocycles. The molecule has 0 aromatic rings. The van der Waals surface area contributed by atoms with E-state index in [0.717, 1.165) is 11.8 Å². The van der Waals surface area contributed by atoms with Crippen LogP contribution >= 0.6 is 0 Å². The van der Waals surface area contributed by atoms with Gasteiger partial charge in [0, 0.05) is 0 Å². The fourth-order valence-corrected chi connectivity index (χ4v) is 1.69. The van der Waals surface area contributed by atoms with Gasteiger partial charge in [0.1, 0.15) is 0 Å². The second kappa shape index (κ2) is 57.4. The van der Waals surface area contributed by atoms with Gasteiger partial charge in [-0.1, -0.05) is 142 Å². The Morgan fingerprint density at radius 2 is 0.870 bits per heavy atom. The van der Waals surface area contributed by atoms with Crippen molar-refractivity contribution >= 4 is 0 Å². The highest BCUT2D eigenvalue weighted by Crippen LogP contribution is 2.23. The van der Waals surface area contributed by atoms with Crippen molar-refractivity contribution in [1.82, 2.24) is 0 Å². The normalized spacial score (nSPS) is 10.2. The lowest BCUT2D eigenvalue weighted by atomic mass is 9.86. The van der Waals surface area contributed by atoms with Crippen LogP contribution in [0.25, 0.3) is 0 Å². The van der Waals surface area contributed by atoms with Gasteiger partial charge in [-0.2, -0.15) is 0 Å². The molecule has 0 amide bonds. The second-order valence-electron chi connectivity index (χ2n) is 4.70. The van der Waals surface area contributed by atoms with Crippen molar-refractivity contribution in [3.63, 3.8) is 0 Å². The summed E-state index contributed by atoms with van der Waals surface area (Å²) in [6.45, 7) is 29.7. The van der Waals surface area contributed by atoms with Crippen molar-refractivity contribution in [3.8, 4) is 0 Å². The highest BCUT2D eigenvalue weighted by atomic mass is 14.2. The highest BCUT2D eigenvalue weighted by Gasteiger charge is 2.12. The van der Waals surface area contributed by atoms with Gasteiger partial charge in [-0.05, 0) is 11.8 Å². The summed E-state index contributed by atoms with van der Waals surface area (Å²) in [6, 6.07) is 0. The molecule has 0 aliphatic rings. The second-order valence-corrected chi connectivity index (χ2v) is 4.70. The van der Waals surface area contributed by atoms with Crippen LogP contribution in [0.3, 0.4) is 0 Å². The zero-order valence-electron chi connectivity index (χ0n) is 20.1. The fraction of sp³-hybridized carbons (Fsp3) is 1.00. The predicted octanol–water partition coefficient (Wildman–Crippen LogP) is 10.2. The van der Waals surface area contributed by atoms with Crippen LogP contribution in [0.5, 0.6) is 0 Å². The van der Waals surface area contributed by atoms with Crippen molar-refractivity contribution in [1.29, 1.82) is 0 Å². The van der Waals surface area contributed by atoms with Gasteiger partial charge in [-0.15, -0.1) is 0 Å². The van der Waals surface area contributed by atoms with Gasteiger partial charge < -0.3 is 0 Å². The van der Waals surface area contributed by atoms with Crippen LogP contribution in [0, 0.1) is 11.8 Å². The largest absolute Gasteiger partial charge is 0.0683 e. The summed E-state index contributed by atoms with van der Waals surface area (Å²) in [5.74, 6) is 1.92. The van der Waals surface area contributed by atoms with E-state index in [4.69, 9.17) is 0 Å². The Hall–Kier alpha value is 0. The van der Waals surface area contributed by atoms with Crippen LogP contribution in [-0.4, -0.2) is 0 Å². The predicted molar refractivity (Wildman–Crippen MR) is 119 cm³/mol. The molecule has 150 valence electrons. The molecule has 2 unspecified atom stereocenters. The Balaban J connectivity index is -0.0000000502. The molecule has 0 saturated heterocycles. The molecule has 0 heterocycles. The molecule has 0 spiro atoms. The summed E-state index contributed by atoms with van der Waals surface area (Å²) in [7, 11) is 0. The van der Waals surface area contributed by atoms with Gasteiger partial charge in [0.15, 0.2) is 0 Å². The summed E-state index contributed by atoms with van der Waals surface area (Å²) in [5, 5.41) is 0. The monoisotopic (exact) mass is 334 g/mol. The van der Waals surface area contributed by atoms with E-state index in [-0.39, 0.29) is 0 Å². The highest BCUT2D eigenvalue weighted by molar-refractivity contribution is 4.63. The standard InChI is InChI=1S/C11H24.C4H10.4C2H6/c1-5-8-9-11(7-3)10(4)6-2;1-3-4-2;4*1-2/h10-11H,5-9H2,1-4H3;3-4H2,1-2H3;4*1-2H3. The summed E-state index contributed by atoms with van der Waals surface area (Å²) in [5.41, 5.74) is 0. The molecule has 0 nitrogen and oxygen atoms in total. The maximum atomic E-state index is 2.39. The molecule has 0 radical (unpaired) electrons. The van der Waals surface area contributed by atoms with Gasteiger partial charge in [0.25, 0.3) is 0 Å². The smallest absolute Gasteiger partial charge is 0.0391 e. The topological polar surface area (TPSA) is 0 Å². The van der Waals surface area contributed by atoms with Gasteiger partial charge in [-0.3, -0.25) is 0 Å². The third-order valence-electron chi connectivity index (χ3n) is 3.40. The Morgan fingerprint density at radius 1 is 0.522 bits per heavy atom. The molecule has 0 aromatic heterocycles. The van der Waals surface area contributed by atoms with Crippen LogP contribution in [0.4, 0.5) is 0 Å². The first-order valence-corrected chi connectivity index (χ1v) is 11.2. The minimum absolute atomic E-state index is 0.937. The third-order valence-corrected chi connectivity index (χ3v) is 3.40. The van der Waals surface area contributed by atoms with E-state index in [1.165, 1.54) is 44.9 Å². The summed E-state index contributed by atoms with van der Waals surface area (Å²) < 4.78 is 0. The lowest BCUT2D eigenvalue weighted by Crippen LogP contribution is -2.09. The van der Waals surface area contributed by atoms with Crippen molar-refractivity contribution in [2.45, 2.75) is 142 Å². The van der Waals surface area contributed by atoms with Crippen molar-refractivity contribution in [2.24, 2.45) is 11.8 Å². The number of rotatable bonds is 7. The van der Waals surface area contributed by atoms with Crippen LogP contribution in [0.2, 0.25) is 0 Å². The lowest BCUT2D eigenvalue weighted by Gasteiger charge is -2.20. The summed E-state index contributed by atoms with van der Waals surface area (Å²) >= 11 is 0. The van der Waals surface area contributed by atoms with E-state index >= 15 is 0 Å². The average molecular weight is 335 g/mol. The van der Waals surface area contributed by atoms with Crippen LogP contribution in [-0.2, 0) is 0 Å². The molecule has 0 aromatic carbocycles. The molecular formula is C23H58. The number of hydrogen-bond donors (Lipinski definition) is 0. The maximum absolute atomic E-state index is 2.39.